The van der Waals surface area contributed by atoms with Crippen LogP contribution in [0.3, 0.4) is 0 Å². The molecule has 7 atom stereocenters. The van der Waals surface area contributed by atoms with Gasteiger partial charge in [0.25, 0.3) is 0 Å². The van der Waals surface area contributed by atoms with Gasteiger partial charge in [-0.05, 0) is 80.8 Å². The molecule has 3 aliphatic carbocycles. The van der Waals surface area contributed by atoms with Crippen molar-refractivity contribution in [1.82, 2.24) is 0 Å². The summed E-state index contributed by atoms with van der Waals surface area (Å²) in [5.41, 5.74) is 1.94. The van der Waals surface area contributed by atoms with Gasteiger partial charge < -0.3 is 19.3 Å². The first-order valence-electron chi connectivity index (χ1n) is 14.3. The summed E-state index contributed by atoms with van der Waals surface area (Å²) in [6, 6.07) is 3.83. The maximum absolute atomic E-state index is 12.7. The van der Waals surface area contributed by atoms with Gasteiger partial charge in [0, 0.05) is 17.4 Å². The van der Waals surface area contributed by atoms with Gasteiger partial charge in [-0.25, -0.2) is 10.4 Å². The van der Waals surface area contributed by atoms with Gasteiger partial charge in [-0.3, -0.25) is 4.79 Å². The molecule has 13 heteroatoms. The molecule has 4 aliphatic rings. The van der Waals surface area contributed by atoms with Crippen molar-refractivity contribution in [3.63, 3.8) is 0 Å². The number of benzene rings is 1. The smallest absolute Gasteiger partial charge is 0.475 e. The van der Waals surface area contributed by atoms with Crippen LogP contribution in [-0.4, -0.2) is 63.4 Å². The lowest BCUT2D eigenvalue weighted by molar-refractivity contribution is -0.975. The lowest BCUT2D eigenvalue weighted by Gasteiger charge is -2.56. The third-order valence-corrected chi connectivity index (χ3v) is 9.05. The van der Waals surface area contributed by atoms with Gasteiger partial charge in [-0.15, -0.1) is 0 Å². The summed E-state index contributed by atoms with van der Waals surface area (Å²) in [4.78, 5) is 42.4. The Morgan fingerprint density at radius 3 is 2.56 bits per heavy atom. The Kier molecular flexibility index (Phi) is 8.64. The summed E-state index contributed by atoms with van der Waals surface area (Å²) < 4.78 is 18.6. The highest BCUT2D eigenvalue weighted by molar-refractivity contribution is 5.74. The lowest BCUT2D eigenvalue weighted by atomic mass is 9.48. The average Bonchev–Trinajstić information content (AvgIpc) is 3.27. The van der Waals surface area contributed by atoms with Crippen molar-refractivity contribution in [3.8, 4) is 11.5 Å². The van der Waals surface area contributed by atoms with Gasteiger partial charge in [0.2, 0.25) is 0 Å². The highest BCUT2D eigenvalue weighted by Crippen LogP contribution is 2.65. The molecule has 1 spiro atoms. The van der Waals surface area contributed by atoms with E-state index in [2.05, 4.69) is 22.7 Å². The summed E-state index contributed by atoms with van der Waals surface area (Å²) >= 11 is 0. The summed E-state index contributed by atoms with van der Waals surface area (Å²) in [7, 11) is 0. The van der Waals surface area contributed by atoms with E-state index in [4.69, 9.17) is 24.6 Å². The minimum atomic E-state index is -1.07. The number of allylic oxidation sites excluding steroid dienone is 1. The normalized spacial score (nSPS) is 29.2. The average molecular weight is 579 g/mol. The molecule has 1 aliphatic heterocycles. The molecule has 0 aromatic heterocycles. The molecule has 1 saturated carbocycles. The Labute approximate surface area is 236 Å². The number of hydrogen-bond acceptors (Lipinski definition) is 9. The van der Waals surface area contributed by atoms with E-state index in [1.54, 1.807) is 6.07 Å². The van der Waals surface area contributed by atoms with Crippen LogP contribution in [-0.2, 0) is 31.0 Å². The fraction of sp³-hybridized carbons (Fsp3) is 0.679. The summed E-state index contributed by atoms with van der Waals surface area (Å²) in [5.74, 6) is 1.73. The fourth-order valence-electron chi connectivity index (χ4n) is 7.27. The molecule has 1 heterocycles. The van der Waals surface area contributed by atoms with Crippen LogP contribution < -0.4 is 9.47 Å². The van der Waals surface area contributed by atoms with Crippen molar-refractivity contribution < 1.29 is 54.4 Å². The van der Waals surface area contributed by atoms with Crippen molar-refractivity contribution >= 4 is 5.97 Å². The van der Waals surface area contributed by atoms with Crippen LogP contribution >= 0.6 is 0 Å². The van der Waals surface area contributed by atoms with Gasteiger partial charge in [0.15, 0.2) is 31.0 Å². The molecule has 224 valence electrons. The number of hydrogen-bond donors (Lipinski definition) is 3. The summed E-state index contributed by atoms with van der Waals surface area (Å²) in [6.45, 7) is 2.32. The second-order valence-electron chi connectivity index (χ2n) is 11.4. The standard InChI is InChI=1S/C28H38N2O11/c1-17-12-13-28-20-9-11-22(40-24(32)7-3-5-15-38-30(35)36)27(28)41-26-21(10-8-18(25(26)28)16-19(17)20)39-23(31)6-2-4-14-37-29(33)34/h8-11,17,19-20,22,24,27,32H,2-7,12-16H2,1H3,(H,33,34)(H,35,36)/q+2/t17-,19-,20?,22-,24?,27-,28-/m0/s1. The van der Waals surface area contributed by atoms with Crippen LogP contribution in [0.4, 0.5) is 0 Å². The van der Waals surface area contributed by atoms with Crippen LogP contribution in [0.2, 0.25) is 0 Å². The van der Waals surface area contributed by atoms with Gasteiger partial charge in [0.1, 0.15) is 22.0 Å². The first-order chi connectivity index (χ1) is 19.7. The molecule has 5 rings (SSSR count). The van der Waals surface area contributed by atoms with Crippen LogP contribution in [0.1, 0.15) is 69.4 Å². The molecule has 3 N–H and O–H groups in total. The van der Waals surface area contributed by atoms with Gasteiger partial charge in [-0.2, -0.15) is 9.68 Å². The van der Waals surface area contributed by atoms with E-state index in [9.17, 15) is 19.7 Å². The largest absolute Gasteiger partial charge is 0.482 e. The first-order valence-corrected chi connectivity index (χ1v) is 14.3. The molecule has 13 nitrogen and oxygen atoms in total. The maximum Gasteiger partial charge on any atom is 0.475 e. The Bertz CT molecular complexity index is 1190. The first kappa shape index (κ1) is 29.1. The minimum absolute atomic E-state index is 0.0128. The maximum atomic E-state index is 12.7. The van der Waals surface area contributed by atoms with E-state index in [1.165, 1.54) is 5.56 Å². The second kappa shape index (κ2) is 12.2. The van der Waals surface area contributed by atoms with Gasteiger partial charge >= 0.3 is 16.1 Å². The van der Waals surface area contributed by atoms with Crippen molar-refractivity contribution in [1.29, 1.82) is 0 Å². The Morgan fingerprint density at radius 2 is 1.83 bits per heavy atom. The number of rotatable bonds is 15. The SMILES string of the molecule is C[C@H]1CC[C@]23c4c5ccc(OC(=O)CCCCO[N+](=O)O)c4O[C@H]2[C@@H](OC(O)CCCCO[N+](=O)O)C=CC3[C@H]1C5. The highest BCUT2D eigenvalue weighted by atomic mass is 17.0. The number of unbranched alkanes of at least 4 members (excludes halogenated alkanes) is 2. The molecule has 0 saturated heterocycles. The number of ether oxygens (including phenoxy) is 3. The molecular weight excluding hydrogens is 540 g/mol. The number of esters is 1. The molecule has 1 aromatic rings. The quantitative estimate of drug-likeness (QED) is 0.0695. The summed E-state index contributed by atoms with van der Waals surface area (Å²) in [5, 5.41) is 26.5. The van der Waals surface area contributed by atoms with E-state index in [0.29, 0.717) is 55.4 Å². The monoisotopic (exact) mass is 578 g/mol. The molecule has 0 amide bonds. The number of aliphatic hydroxyl groups excluding tert-OH is 1. The molecular formula is C28H38N2O11+2. The summed E-state index contributed by atoms with van der Waals surface area (Å²) in [6.07, 6.45) is 7.30. The highest BCUT2D eigenvalue weighted by Gasteiger charge is 2.64. The molecule has 41 heavy (non-hydrogen) atoms. The van der Waals surface area contributed by atoms with Crippen LogP contribution in [0.15, 0.2) is 24.3 Å². The predicted octanol–water partition coefficient (Wildman–Crippen LogP) is 3.62. The van der Waals surface area contributed by atoms with Crippen LogP contribution in [0, 0.1) is 27.6 Å². The number of aliphatic hydroxyl groups is 1. The molecule has 2 unspecified atom stereocenters. The third-order valence-electron chi connectivity index (χ3n) is 9.05. The van der Waals surface area contributed by atoms with E-state index in [1.807, 2.05) is 12.1 Å². The minimum Gasteiger partial charge on any atom is -0.482 e. The van der Waals surface area contributed by atoms with Crippen molar-refractivity contribution in [2.24, 2.45) is 17.8 Å². The molecule has 1 fully saturated rings. The van der Waals surface area contributed by atoms with Crippen molar-refractivity contribution in [2.75, 3.05) is 13.2 Å². The fourth-order valence-corrected chi connectivity index (χ4v) is 7.27. The molecule has 0 radical (unpaired) electrons. The van der Waals surface area contributed by atoms with Gasteiger partial charge in [0.05, 0.1) is 0 Å². The van der Waals surface area contributed by atoms with E-state index < -0.39 is 34.6 Å². The zero-order valence-electron chi connectivity index (χ0n) is 23.1. The van der Waals surface area contributed by atoms with Crippen molar-refractivity contribution in [2.45, 2.75) is 88.6 Å². The number of carbonyl (C=O) groups is 1. The number of carbonyl (C=O) groups excluding carboxylic acids is 1. The zero-order valence-corrected chi connectivity index (χ0v) is 23.1. The molecule has 2 bridgehead atoms. The second-order valence-corrected chi connectivity index (χ2v) is 11.4. The molecule has 1 aromatic carbocycles. The Balaban J connectivity index is 1.31. The topological polar surface area (TPSA) is 164 Å². The zero-order chi connectivity index (χ0) is 29.1. The van der Waals surface area contributed by atoms with E-state index >= 15 is 0 Å². The number of nitrogens with zero attached hydrogens (tertiary/aromatic N) is 2. The Morgan fingerprint density at radius 1 is 1.10 bits per heavy atom. The Hall–Kier alpha value is -3.45. The van der Waals surface area contributed by atoms with E-state index in [-0.39, 0.29) is 31.0 Å². The van der Waals surface area contributed by atoms with Crippen molar-refractivity contribution in [3.05, 3.63) is 45.2 Å². The van der Waals surface area contributed by atoms with Crippen LogP contribution in [0.5, 0.6) is 11.5 Å². The van der Waals surface area contributed by atoms with E-state index in [0.717, 1.165) is 24.8 Å². The lowest BCUT2D eigenvalue weighted by Crippen LogP contribution is -2.60. The third kappa shape index (κ3) is 5.82. The van der Waals surface area contributed by atoms with Gasteiger partial charge in [-0.1, -0.05) is 25.1 Å². The van der Waals surface area contributed by atoms with Crippen LogP contribution in [0.25, 0.3) is 0 Å². The predicted molar refractivity (Wildman–Crippen MR) is 138 cm³/mol.